The van der Waals surface area contributed by atoms with Crippen molar-refractivity contribution in [1.29, 1.82) is 0 Å². The minimum atomic E-state index is -4.42. The van der Waals surface area contributed by atoms with Crippen LogP contribution < -0.4 is 10.4 Å². The number of aromatic carboxylic acids is 1. The predicted molar refractivity (Wildman–Crippen MR) is 107 cm³/mol. The lowest BCUT2D eigenvalue weighted by molar-refractivity contribution is -0.137. The van der Waals surface area contributed by atoms with Gasteiger partial charge in [0.05, 0.1) is 18.2 Å². The van der Waals surface area contributed by atoms with Gasteiger partial charge in [-0.25, -0.2) is 25.0 Å². The van der Waals surface area contributed by atoms with Gasteiger partial charge in [0.25, 0.3) is 0 Å². The topological polar surface area (TPSA) is 108 Å². The normalized spacial score (nSPS) is 18.8. The fraction of sp³-hybridized carbons (Fsp3) is 0.400. The number of benzene rings is 1. The second kappa shape index (κ2) is 9.39. The second-order valence-corrected chi connectivity index (χ2v) is 7.33. The average molecular weight is 453 g/mol. The lowest BCUT2D eigenvalue weighted by Crippen LogP contribution is -2.55. The molecule has 1 saturated heterocycles. The number of carbonyl (C=O) groups is 2. The number of hydrogen-bond acceptors (Lipinski definition) is 6. The zero-order valence-electron chi connectivity index (χ0n) is 17.3. The van der Waals surface area contributed by atoms with E-state index in [4.69, 9.17) is 5.11 Å². The fourth-order valence-electron chi connectivity index (χ4n) is 3.67. The molecule has 2 N–H and O–H groups in total. The third-order valence-corrected chi connectivity index (χ3v) is 5.36. The summed E-state index contributed by atoms with van der Waals surface area (Å²) < 4.78 is 38.7. The highest BCUT2D eigenvalue weighted by molar-refractivity contribution is 5.86. The van der Waals surface area contributed by atoms with Gasteiger partial charge >= 0.3 is 18.2 Å². The first-order valence-electron chi connectivity index (χ1n) is 9.66. The van der Waals surface area contributed by atoms with E-state index in [0.717, 1.165) is 12.1 Å². The van der Waals surface area contributed by atoms with Crippen molar-refractivity contribution in [3.63, 3.8) is 0 Å². The number of nitrogens with zero attached hydrogens (tertiary/aromatic N) is 4. The van der Waals surface area contributed by atoms with Gasteiger partial charge in [0.15, 0.2) is 0 Å². The van der Waals surface area contributed by atoms with Crippen LogP contribution in [-0.4, -0.2) is 58.8 Å². The summed E-state index contributed by atoms with van der Waals surface area (Å²) in [5, 5.41) is 9.08. The van der Waals surface area contributed by atoms with Crippen LogP contribution in [0.2, 0.25) is 0 Å². The fourth-order valence-corrected chi connectivity index (χ4v) is 3.67. The van der Waals surface area contributed by atoms with Gasteiger partial charge in [-0.05, 0) is 30.5 Å². The molecular weight excluding hydrogens is 431 g/mol. The van der Waals surface area contributed by atoms with E-state index >= 15 is 0 Å². The second-order valence-electron chi connectivity index (χ2n) is 7.33. The number of anilines is 1. The summed E-state index contributed by atoms with van der Waals surface area (Å²) >= 11 is 0. The van der Waals surface area contributed by atoms with Gasteiger partial charge in [-0.15, -0.1) is 0 Å². The molecule has 1 fully saturated rings. The van der Waals surface area contributed by atoms with Gasteiger partial charge in [0.1, 0.15) is 6.17 Å². The Balaban J connectivity index is 1.88. The highest BCUT2D eigenvalue weighted by Crippen LogP contribution is 2.35. The lowest BCUT2D eigenvalue weighted by Gasteiger charge is -2.43. The summed E-state index contributed by atoms with van der Waals surface area (Å²) in [5.41, 5.74) is 2.14. The number of urea groups is 1. The molecule has 2 atom stereocenters. The molecule has 172 valence electrons. The molecule has 1 aromatic heterocycles. The summed E-state index contributed by atoms with van der Waals surface area (Å²) in [5.74, 6) is -1.12. The first-order chi connectivity index (χ1) is 15.1. The molecule has 9 nitrogen and oxygen atoms in total. The molecule has 0 saturated carbocycles. The molecule has 0 radical (unpaired) electrons. The minimum Gasteiger partial charge on any atom is -0.478 e. The van der Waals surface area contributed by atoms with Crippen LogP contribution in [0.1, 0.15) is 40.2 Å². The molecule has 2 heterocycles. The lowest BCUT2D eigenvalue weighted by atomic mass is 9.88. The van der Waals surface area contributed by atoms with Crippen LogP contribution in [0.15, 0.2) is 36.7 Å². The number of aromatic nitrogens is 2. The highest BCUT2D eigenvalue weighted by atomic mass is 19.4. The number of alkyl halides is 3. The van der Waals surface area contributed by atoms with Crippen LogP contribution in [0, 0.1) is 0 Å². The summed E-state index contributed by atoms with van der Waals surface area (Å²) in [6, 6.07) is 4.48. The van der Waals surface area contributed by atoms with Gasteiger partial charge < -0.3 is 14.9 Å². The summed E-state index contributed by atoms with van der Waals surface area (Å²) in [6.45, 7) is 0.313. The van der Waals surface area contributed by atoms with Crippen LogP contribution in [0.4, 0.5) is 23.9 Å². The molecule has 1 aliphatic rings. The average Bonchev–Trinajstić information content (AvgIpc) is 2.78. The molecule has 0 spiro atoms. The first-order valence-corrected chi connectivity index (χ1v) is 9.66. The summed E-state index contributed by atoms with van der Waals surface area (Å²) in [6.07, 6.45) is -1.49. The Kier molecular flexibility index (Phi) is 6.82. The third-order valence-electron chi connectivity index (χ3n) is 5.36. The smallest absolute Gasteiger partial charge is 0.416 e. The number of hydroxylamine groups is 1. The molecule has 0 bridgehead atoms. The van der Waals surface area contributed by atoms with Gasteiger partial charge in [0, 0.05) is 31.9 Å². The maximum absolute atomic E-state index is 12.9. The summed E-state index contributed by atoms with van der Waals surface area (Å²) in [7, 11) is 2.87. The van der Waals surface area contributed by atoms with E-state index < -0.39 is 29.9 Å². The Morgan fingerprint density at radius 3 is 2.34 bits per heavy atom. The number of rotatable bonds is 5. The number of carboxylic acid groups (broad SMARTS) is 1. The monoisotopic (exact) mass is 453 g/mol. The van der Waals surface area contributed by atoms with Crippen molar-refractivity contribution >= 4 is 17.9 Å². The maximum atomic E-state index is 12.9. The van der Waals surface area contributed by atoms with E-state index in [1.54, 1.807) is 11.9 Å². The third kappa shape index (κ3) is 5.07. The Labute approximate surface area is 181 Å². The molecular formula is C20H22F3N5O4. The van der Waals surface area contributed by atoms with Crippen LogP contribution in [0.3, 0.4) is 0 Å². The van der Waals surface area contributed by atoms with Crippen molar-refractivity contribution in [2.24, 2.45) is 0 Å². The molecule has 0 aliphatic carbocycles. The molecule has 1 unspecified atom stereocenters. The molecule has 3 rings (SSSR count). The van der Waals surface area contributed by atoms with Crippen molar-refractivity contribution in [1.82, 2.24) is 20.3 Å². The first kappa shape index (κ1) is 23.3. The molecule has 2 amide bonds. The van der Waals surface area contributed by atoms with E-state index in [2.05, 4.69) is 20.3 Å². The number of carboxylic acids is 1. The predicted octanol–water partition coefficient (Wildman–Crippen LogP) is 3.11. The standard InChI is InChI=1S/C20H22F3N5O4/c1-27(19(31)26-32-2)16-8-5-13(12-3-6-15(7-4-12)20(21,22)23)11-28(16)18-24-9-14(10-25-18)17(29)30/h3-4,6-7,9-10,13,16H,5,8,11H2,1-2H3,(H,26,31)(H,29,30)/t13?,16-/m1/s1. The van der Waals surface area contributed by atoms with Crippen molar-refractivity contribution in [3.05, 3.63) is 53.3 Å². The van der Waals surface area contributed by atoms with E-state index in [1.165, 1.54) is 36.5 Å². The van der Waals surface area contributed by atoms with Gasteiger partial charge in [0.2, 0.25) is 5.95 Å². The van der Waals surface area contributed by atoms with E-state index in [0.29, 0.717) is 24.9 Å². The van der Waals surface area contributed by atoms with Crippen LogP contribution >= 0.6 is 0 Å². The quantitative estimate of drug-likeness (QED) is 0.670. The zero-order chi connectivity index (χ0) is 23.5. The minimum absolute atomic E-state index is 0.0907. The molecule has 1 aliphatic heterocycles. The number of carbonyl (C=O) groups excluding carboxylic acids is 1. The SMILES string of the molecule is CONC(=O)N(C)[C@H]1CCC(c2ccc(C(F)(F)F)cc2)CN1c1ncc(C(=O)O)cn1. The van der Waals surface area contributed by atoms with E-state index in [1.807, 2.05) is 0 Å². The van der Waals surface area contributed by atoms with Crippen molar-refractivity contribution in [2.45, 2.75) is 31.1 Å². The van der Waals surface area contributed by atoms with Gasteiger partial charge in [-0.2, -0.15) is 13.2 Å². The zero-order valence-corrected chi connectivity index (χ0v) is 17.3. The Morgan fingerprint density at radius 1 is 1.19 bits per heavy atom. The number of nitrogens with one attached hydrogen (secondary N) is 1. The Morgan fingerprint density at radius 2 is 1.81 bits per heavy atom. The largest absolute Gasteiger partial charge is 0.478 e. The van der Waals surface area contributed by atoms with Crippen molar-refractivity contribution in [2.75, 3.05) is 25.6 Å². The molecule has 12 heteroatoms. The molecule has 1 aromatic carbocycles. The Bertz CT molecular complexity index is 953. The molecule has 32 heavy (non-hydrogen) atoms. The molecule has 2 aromatic rings. The number of hydrogen-bond donors (Lipinski definition) is 2. The number of piperidine rings is 1. The van der Waals surface area contributed by atoms with Gasteiger partial charge in [-0.3, -0.25) is 4.84 Å². The van der Waals surface area contributed by atoms with Crippen molar-refractivity contribution in [3.8, 4) is 0 Å². The number of halogens is 3. The maximum Gasteiger partial charge on any atom is 0.416 e. The number of amides is 2. The van der Waals surface area contributed by atoms with E-state index in [-0.39, 0.29) is 17.4 Å². The summed E-state index contributed by atoms with van der Waals surface area (Å²) in [4.78, 5) is 39.5. The Hall–Kier alpha value is -3.41. The van der Waals surface area contributed by atoms with Crippen molar-refractivity contribution < 1.29 is 32.7 Å². The van der Waals surface area contributed by atoms with E-state index in [9.17, 15) is 22.8 Å². The van der Waals surface area contributed by atoms with Crippen LogP contribution in [-0.2, 0) is 11.0 Å². The van der Waals surface area contributed by atoms with Crippen LogP contribution in [0.5, 0.6) is 0 Å². The highest BCUT2D eigenvalue weighted by Gasteiger charge is 2.36. The van der Waals surface area contributed by atoms with Crippen LogP contribution in [0.25, 0.3) is 0 Å². The van der Waals surface area contributed by atoms with Gasteiger partial charge in [-0.1, -0.05) is 12.1 Å².